The number of methoxy groups -OCH3 is 1. The summed E-state index contributed by atoms with van der Waals surface area (Å²) in [5, 5.41) is 6.25. The van der Waals surface area contributed by atoms with Gasteiger partial charge in [0.25, 0.3) is 0 Å². The lowest BCUT2D eigenvalue weighted by molar-refractivity contribution is -0.115. The zero-order valence-corrected chi connectivity index (χ0v) is 12.5. The molecule has 0 spiro atoms. The van der Waals surface area contributed by atoms with Gasteiger partial charge in [-0.2, -0.15) is 0 Å². The average molecular weight is 289 g/mol. The van der Waals surface area contributed by atoms with Crippen LogP contribution < -0.4 is 15.4 Å². The van der Waals surface area contributed by atoms with Crippen LogP contribution in [-0.2, 0) is 4.79 Å². The summed E-state index contributed by atoms with van der Waals surface area (Å²) in [5.74, 6) is 0.794. The Labute approximate surface area is 125 Å². The van der Waals surface area contributed by atoms with Gasteiger partial charge in [0, 0.05) is 30.9 Å². The third kappa shape index (κ3) is 3.95. The lowest BCUT2D eigenvalue weighted by Crippen LogP contribution is -2.38. The molecule has 1 heterocycles. The summed E-state index contributed by atoms with van der Waals surface area (Å²) >= 11 is 0. The fourth-order valence-electron chi connectivity index (χ4n) is 2.84. The van der Waals surface area contributed by atoms with Gasteiger partial charge in [0.1, 0.15) is 5.75 Å². The molecule has 21 heavy (non-hydrogen) atoms. The van der Waals surface area contributed by atoms with Crippen LogP contribution in [0.3, 0.4) is 0 Å². The molecular formula is C16H23N3O2. The number of hydrogen-bond acceptors (Lipinski definition) is 4. The van der Waals surface area contributed by atoms with E-state index in [2.05, 4.69) is 15.5 Å². The molecule has 0 aromatic heterocycles. The van der Waals surface area contributed by atoms with E-state index in [1.165, 1.54) is 19.4 Å². The minimum Gasteiger partial charge on any atom is -0.497 e. The molecule has 1 aromatic rings. The van der Waals surface area contributed by atoms with Crippen molar-refractivity contribution in [2.45, 2.75) is 31.3 Å². The van der Waals surface area contributed by atoms with Crippen molar-refractivity contribution in [1.82, 2.24) is 10.2 Å². The molecule has 2 aliphatic rings. The number of carbonyl (C=O) groups is 1. The number of hydrogen-bond donors (Lipinski definition) is 2. The second-order valence-electron chi connectivity index (χ2n) is 5.87. The summed E-state index contributed by atoms with van der Waals surface area (Å²) in [4.78, 5) is 14.5. The number of nitrogens with zero attached hydrogens (tertiary/aromatic N) is 1. The normalized spacial score (nSPS) is 22.2. The summed E-state index contributed by atoms with van der Waals surface area (Å²) in [6.45, 7) is 2.62. The molecule has 1 unspecified atom stereocenters. The van der Waals surface area contributed by atoms with E-state index < -0.39 is 0 Å². The van der Waals surface area contributed by atoms with Crippen LogP contribution in [0.1, 0.15) is 19.3 Å². The first-order chi connectivity index (χ1) is 10.2. The maximum absolute atomic E-state index is 11.9. The highest BCUT2D eigenvalue weighted by atomic mass is 16.5. The van der Waals surface area contributed by atoms with Gasteiger partial charge in [0.05, 0.1) is 13.7 Å². The molecule has 2 fully saturated rings. The van der Waals surface area contributed by atoms with Crippen molar-refractivity contribution in [3.05, 3.63) is 24.3 Å². The Morgan fingerprint density at radius 1 is 1.29 bits per heavy atom. The van der Waals surface area contributed by atoms with E-state index in [1.54, 1.807) is 7.11 Å². The fraction of sp³-hybridized carbons (Fsp3) is 0.562. The zero-order chi connectivity index (χ0) is 14.7. The number of amides is 1. The highest BCUT2D eigenvalue weighted by Gasteiger charge is 2.34. The summed E-state index contributed by atoms with van der Waals surface area (Å²) in [6.07, 6.45) is 3.85. The summed E-state index contributed by atoms with van der Waals surface area (Å²) in [5.41, 5.74) is 0.800. The molecule has 5 nitrogen and oxygen atoms in total. The maximum atomic E-state index is 11.9. The Balaban J connectivity index is 1.39. The van der Waals surface area contributed by atoms with Gasteiger partial charge in [0.15, 0.2) is 0 Å². The van der Waals surface area contributed by atoms with Gasteiger partial charge in [-0.25, -0.2) is 0 Å². The molecule has 1 amide bonds. The minimum atomic E-state index is 0.00467. The van der Waals surface area contributed by atoms with Crippen LogP contribution in [0.15, 0.2) is 24.3 Å². The largest absolute Gasteiger partial charge is 0.497 e. The second kappa shape index (κ2) is 6.45. The van der Waals surface area contributed by atoms with E-state index in [-0.39, 0.29) is 5.91 Å². The number of benzene rings is 1. The SMILES string of the molecule is COc1ccc(NC(=O)CNC2CCN(C3CC3)C2)cc1. The summed E-state index contributed by atoms with van der Waals surface area (Å²) < 4.78 is 5.09. The van der Waals surface area contributed by atoms with Crippen molar-refractivity contribution in [1.29, 1.82) is 0 Å². The minimum absolute atomic E-state index is 0.00467. The van der Waals surface area contributed by atoms with E-state index in [0.29, 0.717) is 12.6 Å². The van der Waals surface area contributed by atoms with E-state index in [1.807, 2.05) is 24.3 Å². The monoisotopic (exact) mass is 289 g/mol. The Kier molecular flexibility index (Phi) is 4.41. The van der Waals surface area contributed by atoms with E-state index >= 15 is 0 Å². The number of carbonyl (C=O) groups excluding carboxylic acids is 1. The van der Waals surface area contributed by atoms with Gasteiger partial charge >= 0.3 is 0 Å². The smallest absolute Gasteiger partial charge is 0.238 e. The number of rotatable bonds is 6. The number of ether oxygens (including phenoxy) is 1. The first kappa shape index (κ1) is 14.4. The topological polar surface area (TPSA) is 53.6 Å². The molecule has 0 radical (unpaired) electrons. The van der Waals surface area contributed by atoms with E-state index in [0.717, 1.165) is 30.4 Å². The van der Waals surface area contributed by atoms with Crippen molar-refractivity contribution >= 4 is 11.6 Å². The van der Waals surface area contributed by atoms with Gasteiger partial charge < -0.3 is 15.4 Å². The van der Waals surface area contributed by atoms with Crippen molar-refractivity contribution in [2.75, 3.05) is 32.1 Å². The molecular weight excluding hydrogens is 266 g/mol. The molecule has 5 heteroatoms. The first-order valence-electron chi connectivity index (χ1n) is 7.66. The molecule has 1 atom stereocenters. The molecule has 114 valence electrons. The van der Waals surface area contributed by atoms with Crippen LogP contribution in [0.4, 0.5) is 5.69 Å². The van der Waals surface area contributed by atoms with Crippen LogP contribution in [0, 0.1) is 0 Å². The van der Waals surface area contributed by atoms with E-state index in [4.69, 9.17) is 4.74 Å². The van der Waals surface area contributed by atoms with Crippen molar-refractivity contribution in [3.63, 3.8) is 0 Å². The van der Waals surface area contributed by atoms with Crippen LogP contribution in [0.2, 0.25) is 0 Å². The van der Waals surface area contributed by atoms with Crippen molar-refractivity contribution in [3.8, 4) is 5.75 Å². The molecule has 3 rings (SSSR count). The molecule has 0 bridgehead atoms. The van der Waals surface area contributed by atoms with Crippen LogP contribution in [0.5, 0.6) is 5.75 Å². The van der Waals surface area contributed by atoms with Gasteiger partial charge in [0.2, 0.25) is 5.91 Å². The molecule has 1 aliphatic heterocycles. The number of anilines is 1. The van der Waals surface area contributed by atoms with Gasteiger partial charge in [-0.05, 0) is 43.5 Å². The Morgan fingerprint density at radius 3 is 2.71 bits per heavy atom. The highest BCUT2D eigenvalue weighted by molar-refractivity contribution is 5.92. The summed E-state index contributed by atoms with van der Waals surface area (Å²) in [7, 11) is 1.63. The predicted octanol–water partition coefficient (Wildman–Crippen LogP) is 1.46. The quantitative estimate of drug-likeness (QED) is 0.832. The molecule has 1 aliphatic carbocycles. The standard InChI is InChI=1S/C16H23N3O2/c1-21-15-6-2-12(3-7-15)18-16(20)10-17-13-8-9-19(11-13)14-4-5-14/h2-3,6-7,13-14,17H,4-5,8-11H2,1H3,(H,18,20). The zero-order valence-electron chi connectivity index (χ0n) is 12.5. The van der Waals surface area contributed by atoms with Gasteiger partial charge in [-0.3, -0.25) is 9.69 Å². The second-order valence-corrected chi connectivity index (χ2v) is 5.87. The van der Waals surface area contributed by atoms with Crippen molar-refractivity contribution < 1.29 is 9.53 Å². The Hall–Kier alpha value is -1.59. The summed E-state index contributed by atoms with van der Waals surface area (Å²) in [6, 6.07) is 8.65. The fourth-order valence-corrected chi connectivity index (χ4v) is 2.84. The van der Waals surface area contributed by atoms with Crippen LogP contribution >= 0.6 is 0 Å². The third-order valence-electron chi connectivity index (χ3n) is 4.21. The van der Waals surface area contributed by atoms with Gasteiger partial charge in [-0.1, -0.05) is 0 Å². The third-order valence-corrected chi connectivity index (χ3v) is 4.21. The Morgan fingerprint density at radius 2 is 2.05 bits per heavy atom. The molecule has 2 N–H and O–H groups in total. The lowest BCUT2D eigenvalue weighted by Gasteiger charge is -2.15. The highest BCUT2D eigenvalue weighted by Crippen LogP contribution is 2.29. The number of likely N-dealkylation sites (tertiary alicyclic amines) is 1. The lowest BCUT2D eigenvalue weighted by atomic mass is 10.2. The first-order valence-corrected chi connectivity index (χ1v) is 7.66. The van der Waals surface area contributed by atoms with Gasteiger partial charge in [-0.15, -0.1) is 0 Å². The predicted molar refractivity (Wildman–Crippen MR) is 82.6 cm³/mol. The van der Waals surface area contributed by atoms with E-state index in [9.17, 15) is 4.79 Å². The molecule has 1 saturated heterocycles. The Bertz CT molecular complexity index is 485. The van der Waals surface area contributed by atoms with Crippen LogP contribution in [-0.4, -0.2) is 49.6 Å². The van der Waals surface area contributed by atoms with Crippen molar-refractivity contribution in [2.24, 2.45) is 0 Å². The van der Waals surface area contributed by atoms with Crippen LogP contribution in [0.25, 0.3) is 0 Å². The maximum Gasteiger partial charge on any atom is 0.238 e. The average Bonchev–Trinajstić information content (AvgIpc) is 3.25. The number of nitrogens with one attached hydrogen (secondary N) is 2. The molecule has 1 aromatic carbocycles. The molecule has 1 saturated carbocycles.